The maximum atomic E-state index is 5.76. The molecule has 0 radical (unpaired) electrons. The van der Waals surface area contributed by atoms with E-state index in [0.29, 0.717) is 5.41 Å². The van der Waals surface area contributed by atoms with Crippen LogP contribution in [-0.2, 0) is 17.7 Å². The lowest BCUT2D eigenvalue weighted by Gasteiger charge is -2.37. The first-order valence-corrected chi connectivity index (χ1v) is 10.1. The first kappa shape index (κ1) is 21.3. The highest BCUT2D eigenvalue weighted by Gasteiger charge is 2.21. The standard InChI is InChI=1S/C22H39N3O/c1-21(2,3)17-25-12-10-24(11-13-25)16-20-8-7-19(15-23-20)9-14-26-18-22(4,5)6/h7-8,15H,9-14,16-18H2,1-6H3. The molecule has 1 saturated heterocycles. The minimum Gasteiger partial charge on any atom is -0.381 e. The minimum absolute atomic E-state index is 0.235. The zero-order chi connectivity index (χ0) is 19.2. The highest BCUT2D eigenvalue weighted by Crippen LogP contribution is 2.17. The molecular formula is C22H39N3O. The van der Waals surface area contributed by atoms with E-state index in [9.17, 15) is 0 Å². The lowest BCUT2D eigenvalue weighted by Crippen LogP contribution is -2.48. The fourth-order valence-electron chi connectivity index (χ4n) is 3.27. The summed E-state index contributed by atoms with van der Waals surface area (Å²) in [5, 5.41) is 0. The van der Waals surface area contributed by atoms with Crippen molar-refractivity contribution in [1.82, 2.24) is 14.8 Å². The molecule has 0 aliphatic carbocycles. The van der Waals surface area contributed by atoms with Crippen molar-refractivity contribution in [3.05, 3.63) is 29.6 Å². The van der Waals surface area contributed by atoms with Crippen LogP contribution in [0.15, 0.2) is 18.3 Å². The van der Waals surface area contributed by atoms with E-state index in [1.54, 1.807) is 0 Å². The van der Waals surface area contributed by atoms with Crippen LogP contribution >= 0.6 is 0 Å². The van der Waals surface area contributed by atoms with Crippen molar-refractivity contribution in [1.29, 1.82) is 0 Å². The molecule has 26 heavy (non-hydrogen) atoms. The largest absolute Gasteiger partial charge is 0.381 e. The molecule has 2 rings (SSSR count). The van der Waals surface area contributed by atoms with Gasteiger partial charge in [0.1, 0.15) is 0 Å². The van der Waals surface area contributed by atoms with Gasteiger partial charge in [0.05, 0.1) is 18.9 Å². The van der Waals surface area contributed by atoms with Crippen LogP contribution in [0, 0.1) is 10.8 Å². The molecular weight excluding hydrogens is 322 g/mol. The number of rotatable bonds is 7. The van der Waals surface area contributed by atoms with Crippen molar-refractivity contribution < 1.29 is 4.74 Å². The van der Waals surface area contributed by atoms with Gasteiger partial charge in [-0.2, -0.15) is 0 Å². The Labute approximate surface area is 160 Å². The van der Waals surface area contributed by atoms with Gasteiger partial charge >= 0.3 is 0 Å². The Hall–Kier alpha value is -0.970. The van der Waals surface area contributed by atoms with Gasteiger partial charge in [-0.3, -0.25) is 9.88 Å². The number of aromatic nitrogens is 1. The monoisotopic (exact) mass is 361 g/mol. The maximum absolute atomic E-state index is 5.76. The first-order chi connectivity index (χ1) is 12.1. The quantitative estimate of drug-likeness (QED) is 0.690. The molecule has 0 N–H and O–H groups in total. The molecule has 1 fully saturated rings. The van der Waals surface area contributed by atoms with E-state index in [1.165, 1.54) is 30.9 Å². The van der Waals surface area contributed by atoms with Gasteiger partial charge in [-0.15, -0.1) is 0 Å². The maximum Gasteiger partial charge on any atom is 0.0544 e. The van der Waals surface area contributed by atoms with E-state index in [1.807, 2.05) is 6.20 Å². The lowest BCUT2D eigenvalue weighted by molar-refractivity contribution is 0.0733. The summed E-state index contributed by atoms with van der Waals surface area (Å²) in [5.41, 5.74) is 3.06. The van der Waals surface area contributed by atoms with Gasteiger partial charge in [0.15, 0.2) is 0 Å². The molecule has 1 aliphatic heterocycles. The minimum atomic E-state index is 0.235. The van der Waals surface area contributed by atoms with Crippen molar-refractivity contribution in [3.8, 4) is 0 Å². The summed E-state index contributed by atoms with van der Waals surface area (Å²) in [6.07, 6.45) is 2.96. The number of piperazine rings is 1. The molecule has 148 valence electrons. The van der Waals surface area contributed by atoms with Crippen LogP contribution in [0.1, 0.15) is 52.8 Å². The Bertz CT molecular complexity index is 520. The third-order valence-electron chi connectivity index (χ3n) is 4.50. The van der Waals surface area contributed by atoms with Crippen molar-refractivity contribution in [2.75, 3.05) is 45.9 Å². The first-order valence-electron chi connectivity index (χ1n) is 10.1. The second-order valence-corrected chi connectivity index (χ2v) is 10.1. The van der Waals surface area contributed by atoms with E-state index >= 15 is 0 Å². The summed E-state index contributed by atoms with van der Waals surface area (Å²) in [6.45, 7) is 21.9. The van der Waals surface area contributed by atoms with Gasteiger partial charge in [0, 0.05) is 45.5 Å². The van der Waals surface area contributed by atoms with Crippen LogP contribution in [0.3, 0.4) is 0 Å². The molecule has 0 spiro atoms. The van der Waals surface area contributed by atoms with Crippen LogP contribution in [0.4, 0.5) is 0 Å². The molecule has 0 atom stereocenters. The molecule has 2 heterocycles. The van der Waals surface area contributed by atoms with Crippen molar-refractivity contribution in [2.24, 2.45) is 10.8 Å². The van der Waals surface area contributed by atoms with Crippen molar-refractivity contribution in [3.63, 3.8) is 0 Å². The fraction of sp³-hybridized carbons (Fsp3) is 0.773. The molecule has 0 aromatic carbocycles. The Morgan fingerprint density at radius 3 is 2.12 bits per heavy atom. The summed E-state index contributed by atoms with van der Waals surface area (Å²) in [7, 11) is 0. The fourth-order valence-corrected chi connectivity index (χ4v) is 3.27. The molecule has 1 aromatic rings. The Morgan fingerprint density at radius 1 is 0.923 bits per heavy atom. The Balaban J connectivity index is 1.69. The van der Waals surface area contributed by atoms with E-state index in [2.05, 4.69) is 68.5 Å². The van der Waals surface area contributed by atoms with E-state index in [4.69, 9.17) is 4.74 Å². The number of hydrogen-bond donors (Lipinski definition) is 0. The molecule has 0 amide bonds. The number of ether oxygens (including phenoxy) is 1. The Kier molecular flexibility index (Phi) is 7.63. The van der Waals surface area contributed by atoms with Crippen LogP contribution < -0.4 is 0 Å². The molecule has 0 saturated carbocycles. The van der Waals surface area contributed by atoms with Gasteiger partial charge in [0.25, 0.3) is 0 Å². The highest BCUT2D eigenvalue weighted by atomic mass is 16.5. The molecule has 4 heteroatoms. The predicted molar refractivity (Wildman–Crippen MR) is 109 cm³/mol. The summed E-state index contributed by atoms with van der Waals surface area (Å²) in [4.78, 5) is 9.78. The van der Waals surface area contributed by atoms with Crippen LogP contribution in [0.2, 0.25) is 0 Å². The third kappa shape index (κ3) is 8.61. The molecule has 1 aliphatic rings. The van der Waals surface area contributed by atoms with E-state index in [0.717, 1.165) is 39.3 Å². The average molecular weight is 362 g/mol. The van der Waals surface area contributed by atoms with Crippen LogP contribution in [0.25, 0.3) is 0 Å². The van der Waals surface area contributed by atoms with Crippen LogP contribution in [0.5, 0.6) is 0 Å². The van der Waals surface area contributed by atoms with E-state index in [-0.39, 0.29) is 5.41 Å². The van der Waals surface area contributed by atoms with Gasteiger partial charge < -0.3 is 9.64 Å². The normalized spacial score (nSPS) is 17.6. The SMILES string of the molecule is CC(C)(C)COCCc1ccc(CN2CCN(CC(C)(C)C)CC2)nc1. The Morgan fingerprint density at radius 2 is 1.58 bits per heavy atom. The van der Waals surface area contributed by atoms with Gasteiger partial charge in [-0.1, -0.05) is 47.6 Å². The predicted octanol–water partition coefficient (Wildman–Crippen LogP) is 3.85. The molecule has 0 bridgehead atoms. The second kappa shape index (κ2) is 9.29. The zero-order valence-electron chi connectivity index (χ0n) is 17.8. The number of nitrogens with zero attached hydrogens (tertiary/aromatic N) is 3. The highest BCUT2D eigenvalue weighted by molar-refractivity contribution is 5.14. The van der Waals surface area contributed by atoms with Crippen molar-refractivity contribution in [2.45, 2.75) is 54.5 Å². The van der Waals surface area contributed by atoms with Crippen molar-refractivity contribution >= 4 is 0 Å². The van der Waals surface area contributed by atoms with E-state index < -0.39 is 0 Å². The smallest absolute Gasteiger partial charge is 0.0544 e. The zero-order valence-corrected chi connectivity index (χ0v) is 17.8. The summed E-state index contributed by atoms with van der Waals surface area (Å²) >= 11 is 0. The topological polar surface area (TPSA) is 28.6 Å². The second-order valence-electron chi connectivity index (χ2n) is 10.1. The van der Waals surface area contributed by atoms with Gasteiger partial charge in [-0.25, -0.2) is 0 Å². The number of pyridine rings is 1. The lowest BCUT2D eigenvalue weighted by atomic mass is 9.96. The van der Waals surface area contributed by atoms with Gasteiger partial charge in [-0.05, 0) is 28.9 Å². The molecule has 0 unspecified atom stereocenters. The third-order valence-corrected chi connectivity index (χ3v) is 4.50. The van der Waals surface area contributed by atoms with Gasteiger partial charge in [0.2, 0.25) is 0 Å². The summed E-state index contributed by atoms with van der Waals surface area (Å²) < 4.78 is 5.76. The van der Waals surface area contributed by atoms with Crippen LogP contribution in [-0.4, -0.2) is 60.7 Å². The average Bonchev–Trinajstić information content (AvgIpc) is 2.53. The summed E-state index contributed by atoms with van der Waals surface area (Å²) in [6, 6.07) is 4.39. The number of hydrogen-bond acceptors (Lipinski definition) is 4. The summed E-state index contributed by atoms with van der Waals surface area (Å²) in [5.74, 6) is 0. The molecule has 4 nitrogen and oxygen atoms in total. The molecule has 1 aromatic heterocycles.